The molecule has 32 heavy (non-hydrogen) atoms. The summed E-state index contributed by atoms with van der Waals surface area (Å²) < 4.78 is 2.18. The van der Waals surface area contributed by atoms with E-state index in [1.54, 1.807) is 6.08 Å². The van der Waals surface area contributed by atoms with Gasteiger partial charge in [0.05, 0.1) is 17.9 Å². The number of nitrogens with zero attached hydrogens (tertiary/aromatic N) is 2. The molecule has 0 spiro atoms. The second-order valence-electron chi connectivity index (χ2n) is 8.85. The zero-order valence-corrected chi connectivity index (χ0v) is 18.8. The predicted molar refractivity (Wildman–Crippen MR) is 131 cm³/mol. The summed E-state index contributed by atoms with van der Waals surface area (Å²) in [7, 11) is 0. The summed E-state index contributed by atoms with van der Waals surface area (Å²) >= 11 is 0. The number of fused-ring (bicyclic) bond motifs is 1. The number of allylic oxidation sites excluding steroid dienone is 4. The minimum Gasteiger partial charge on any atom is -0.313 e. The smallest absolute Gasteiger partial charge is 0.160 e. The van der Waals surface area contributed by atoms with Gasteiger partial charge in [-0.1, -0.05) is 35.4 Å². The molecule has 1 heterocycles. The van der Waals surface area contributed by atoms with Crippen LogP contribution in [0, 0.1) is 12.3 Å². The van der Waals surface area contributed by atoms with Crippen LogP contribution in [0.1, 0.15) is 73.4 Å². The third-order valence-electron chi connectivity index (χ3n) is 6.36. The summed E-state index contributed by atoms with van der Waals surface area (Å²) in [4.78, 5) is 11.8. The van der Waals surface area contributed by atoms with Gasteiger partial charge in [-0.15, -0.1) is 5.73 Å². The number of nitrogens with one attached hydrogen (secondary N) is 1. The summed E-state index contributed by atoms with van der Waals surface area (Å²) in [6.45, 7) is 2.12. The second-order valence-corrected chi connectivity index (χ2v) is 8.85. The van der Waals surface area contributed by atoms with Crippen LogP contribution in [0.4, 0.5) is 0 Å². The molecule has 4 rings (SSSR count). The molecule has 1 fully saturated rings. The van der Waals surface area contributed by atoms with E-state index in [-0.39, 0.29) is 12.2 Å². The zero-order chi connectivity index (χ0) is 22.3. The van der Waals surface area contributed by atoms with Crippen molar-refractivity contribution in [3.05, 3.63) is 81.9 Å². The van der Waals surface area contributed by atoms with E-state index in [1.807, 2.05) is 12.3 Å². The first kappa shape index (κ1) is 22.0. The lowest BCUT2D eigenvalue weighted by atomic mass is 9.89. The van der Waals surface area contributed by atoms with Crippen LogP contribution >= 0.6 is 0 Å². The fraction of sp³-hybridized carbons (Fsp3) is 0.357. The van der Waals surface area contributed by atoms with Crippen LogP contribution in [-0.4, -0.2) is 21.8 Å². The summed E-state index contributed by atoms with van der Waals surface area (Å²) in [6, 6.07) is 9.17. The van der Waals surface area contributed by atoms with Crippen LogP contribution in [-0.2, 0) is 11.2 Å². The Morgan fingerprint density at radius 3 is 2.72 bits per heavy atom. The lowest BCUT2D eigenvalue weighted by Crippen LogP contribution is -2.17. The number of hydrogen-bond acceptors (Lipinski definition) is 3. The van der Waals surface area contributed by atoms with E-state index in [1.165, 1.54) is 34.2 Å². The predicted octanol–water partition coefficient (Wildman–Crippen LogP) is 6.43. The maximum absolute atomic E-state index is 11.8. The molecule has 0 saturated heterocycles. The van der Waals surface area contributed by atoms with Crippen LogP contribution in [0.2, 0.25) is 0 Å². The molecule has 1 saturated carbocycles. The minimum absolute atomic E-state index is 0.0378. The van der Waals surface area contributed by atoms with Gasteiger partial charge >= 0.3 is 0 Å². The molecule has 2 aromatic rings. The quantitative estimate of drug-likeness (QED) is 0.301. The van der Waals surface area contributed by atoms with Gasteiger partial charge in [0.1, 0.15) is 0 Å². The van der Waals surface area contributed by atoms with E-state index in [4.69, 9.17) is 10.5 Å². The molecule has 0 radical (unpaired) electrons. The first-order valence-electron chi connectivity index (χ1n) is 11.6. The highest BCUT2D eigenvalue weighted by Crippen LogP contribution is 2.34. The lowest BCUT2D eigenvalue weighted by molar-refractivity contribution is -0.113. The van der Waals surface area contributed by atoms with E-state index in [0.717, 1.165) is 50.5 Å². The Morgan fingerprint density at radius 1 is 1.19 bits per heavy atom. The Morgan fingerprint density at radius 2 is 1.97 bits per heavy atom. The van der Waals surface area contributed by atoms with Crippen molar-refractivity contribution in [3.63, 3.8) is 0 Å². The first-order valence-corrected chi connectivity index (χ1v) is 11.6. The van der Waals surface area contributed by atoms with Gasteiger partial charge in [-0.3, -0.25) is 9.48 Å². The Bertz CT molecular complexity index is 1100. The maximum atomic E-state index is 11.8. The first-order chi connectivity index (χ1) is 15.6. The van der Waals surface area contributed by atoms with Crippen molar-refractivity contribution in [3.8, 4) is 0 Å². The average molecular weight is 426 g/mol. The van der Waals surface area contributed by atoms with Crippen molar-refractivity contribution in [1.29, 1.82) is 5.41 Å². The Hall–Kier alpha value is -3.23. The van der Waals surface area contributed by atoms with Gasteiger partial charge in [-0.05, 0) is 87.3 Å². The molecule has 2 aliphatic carbocycles. The highest BCUT2D eigenvalue weighted by atomic mass is 16.1. The van der Waals surface area contributed by atoms with E-state index >= 15 is 0 Å². The third kappa shape index (κ3) is 5.52. The van der Waals surface area contributed by atoms with Crippen LogP contribution in [0.3, 0.4) is 0 Å². The van der Waals surface area contributed by atoms with Gasteiger partial charge in [0.2, 0.25) is 0 Å². The van der Waals surface area contributed by atoms with Gasteiger partial charge < -0.3 is 5.41 Å². The number of carbonyl (C=O) groups excluding carboxylic acids is 1. The standard InChI is InChI=1S/C28H31N3O/c1-21-8-10-22(11-9-21)4-2-5-23-6-3-7-25-20-30-31(28(25)19-23)26-14-12-24(13-15-26)18-27(32)16-17-29/h6-11,17-20,26,29H,2,4-5,12-16H2,1H3. The monoisotopic (exact) mass is 425 g/mol. The molecule has 0 bridgehead atoms. The van der Waals surface area contributed by atoms with Gasteiger partial charge in [-0.2, -0.15) is 5.10 Å². The summed E-state index contributed by atoms with van der Waals surface area (Å²) in [5, 5.41) is 11.8. The number of carbonyl (C=O) groups is 1. The molecule has 0 unspecified atom stereocenters. The van der Waals surface area contributed by atoms with Crippen molar-refractivity contribution in [2.45, 2.75) is 64.3 Å². The molecule has 0 amide bonds. The molecule has 1 N–H and O–H groups in total. The summed E-state index contributed by atoms with van der Waals surface area (Å²) in [5.41, 5.74) is 10.8. The number of benzene rings is 1. The largest absolute Gasteiger partial charge is 0.313 e. The number of rotatable bonds is 8. The molecule has 0 atom stereocenters. The molecule has 164 valence electrons. The third-order valence-corrected chi connectivity index (χ3v) is 6.36. The minimum atomic E-state index is 0.0378. The number of ketones is 1. The lowest BCUT2D eigenvalue weighted by Gasteiger charge is -2.25. The van der Waals surface area contributed by atoms with Crippen molar-refractivity contribution in [2.24, 2.45) is 0 Å². The highest BCUT2D eigenvalue weighted by molar-refractivity contribution is 5.98. The van der Waals surface area contributed by atoms with Crippen molar-refractivity contribution in [1.82, 2.24) is 9.78 Å². The number of aryl methyl sites for hydroxylation is 2. The zero-order valence-electron chi connectivity index (χ0n) is 18.8. The number of aromatic nitrogens is 2. The molecule has 4 nitrogen and oxygen atoms in total. The average Bonchev–Trinajstić information content (AvgIpc) is 3.07. The molecule has 2 aliphatic rings. The van der Waals surface area contributed by atoms with Gasteiger partial charge in [-0.25, -0.2) is 0 Å². The van der Waals surface area contributed by atoms with Crippen LogP contribution in [0.15, 0.2) is 59.5 Å². The normalized spacial score (nSPS) is 17.5. The van der Waals surface area contributed by atoms with Gasteiger partial charge in [0, 0.05) is 18.2 Å². The van der Waals surface area contributed by atoms with Crippen molar-refractivity contribution in [2.75, 3.05) is 0 Å². The van der Waals surface area contributed by atoms with Crippen LogP contribution in [0.5, 0.6) is 0 Å². The van der Waals surface area contributed by atoms with Crippen molar-refractivity contribution >= 4 is 24.1 Å². The second kappa shape index (κ2) is 10.4. The van der Waals surface area contributed by atoms with E-state index < -0.39 is 0 Å². The number of hydrogen-bond donors (Lipinski definition) is 1. The molecule has 1 aromatic carbocycles. The molecule has 0 aliphatic heterocycles. The highest BCUT2D eigenvalue weighted by Gasteiger charge is 2.22. The topological polar surface area (TPSA) is 58.7 Å². The van der Waals surface area contributed by atoms with Gasteiger partial charge in [0.25, 0.3) is 0 Å². The Kier molecular flexibility index (Phi) is 7.14. The molecule has 4 heteroatoms. The van der Waals surface area contributed by atoms with E-state index in [0.29, 0.717) is 6.04 Å². The molecular formula is C28H31N3O. The fourth-order valence-electron chi connectivity index (χ4n) is 4.54. The van der Waals surface area contributed by atoms with Crippen LogP contribution in [0.25, 0.3) is 12.2 Å². The maximum Gasteiger partial charge on any atom is 0.160 e. The SMILES string of the molecule is Cc1ccc(CCCC2=Cc3c(cnn3C3CCC(=CC(=O)CC=N)CC3)C=C=C2)cc1. The van der Waals surface area contributed by atoms with Crippen LogP contribution < -0.4 is 0 Å². The summed E-state index contributed by atoms with van der Waals surface area (Å²) in [6.07, 6.45) is 18.5. The Balaban J connectivity index is 1.41. The molecule has 1 aromatic heterocycles. The fourth-order valence-corrected chi connectivity index (χ4v) is 4.54. The molecular weight excluding hydrogens is 394 g/mol. The summed E-state index contributed by atoms with van der Waals surface area (Å²) in [5.74, 6) is 0.0378. The van der Waals surface area contributed by atoms with Crippen molar-refractivity contribution < 1.29 is 4.79 Å². The van der Waals surface area contributed by atoms with Gasteiger partial charge in [0.15, 0.2) is 5.78 Å². The Labute approximate surface area is 190 Å². The van der Waals surface area contributed by atoms with E-state index in [9.17, 15) is 4.79 Å². The van der Waals surface area contributed by atoms with E-state index in [2.05, 4.69) is 53.8 Å².